The minimum absolute atomic E-state index is 0.0517. The first-order chi connectivity index (χ1) is 8.94. The van der Waals surface area contributed by atoms with E-state index in [-0.39, 0.29) is 5.54 Å². The fourth-order valence-corrected chi connectivity index (χ4v) is 2.89. The standard InChI is InChI=1S/C16H25BrN2/c1-12-8-14(12)10-19(3)16(2,11-18)9-13-4-6-15(17)7-5-13/h4-7,12,14H,8-11,18H2,1-3H3. The van der Waals surface area contributed by atoms with E-state index >= 15 is 0 Å². The zero-order valence-electron chi connectivity index (χ0n) is 12.2. The van der Waals surface area contributed by atoms with Gasteiger partial charge in [0.05, 0.1) is 0 Å². The molecule has 1 fully saturated rings. The van der Waals surface area contributed by atoms with Crippen LogP contribution in [0.4, 0.5) is 0 Å². The van der Waals surface area contributed by atoms with E-state index in [0.29, 0.717) is 6.54 Å². The van der Waals surface area contributed by atoms with Crippen LogP contribution in [0, 0.1) is 11.8 Å². The summed E-state index contributed by atoms with van der Waals surface area (Å²) >= 11 is 3.48. The molecule has 2 N–H and O–H groups in total. The summed E-state index contributed by atoms with van der Waals surface area (Å²) in [5.74, 6) is 1.78. The van der Waals surface area contributed by atoms with Gasteiger partial charge in [0.2, 0.25) is 0 Å². The van der Waals surface area contributed by atoms with Gasteiger partial charge in [-0.2, -0.15) is 0 Å². The predicted molar refractivity (Wildman–Crippen MR) is 85.2 cm³/mol. The lowest BCUT2D eigenvalue weighted by molar-refractivity contribution is 0.136. The third-order valence-electron chi connectivity index (χ3n) is 4.64. The molecule has 106 valence electrons. The minimum Gasteiger partial charge on any atom is -0.329 e. The number of nitrogens with zero attached hydrogens (tertiary/aromatic N) is 1. The van der Waals surface area contributed by atoms with Crippen LogP contribution in [0.15, 0.2) is 28.7 Å². The summed E-state index contributed by atoms with van der Waals surface area (Å²) in [4.78, 5) is 2.46. The Kier molecular flexibility index (Phi) is 4.70. The van der Waals surface area contributed by atoms with Crippen LogP contribution in [-0.4, -0.2) is 30.6 Å². The molecule has 3 heteroatoms. The highest BCUT2D eigenvalue weighted by Gasteiger charge is 2.37. The Hall–Kier alpha value is -0.380. The Balaban J connectivity index is 2.01. The monoisotopic (exact) mass is 324 g/mol. The fraction of sp³-hybridized carbons (Fsp3) is 0.625. The molecule has 0 saturated heterocycles. The third kappa shape index (κ3) is 3.80. The Labute approximate surface area is 125 Å². The van der Waals surface area contributed by atoms with Crippen molar-refractivity contribution in [3.8, 4) is 0 Å². The summed E-state index contributed by atoms with van der Waals surface area (Å²) in [6.07, 6.45) is 2.39. The number of benzene rings is 1. The minimum atomic E-state index is 0.0517. The first-order valence-corrected chi connectivity index (χ1v) is 7.89. The Bertz CT molecular complexity index is 417. The highest BCUT2D eigenvalue weighted by atomic mass is 79.9. The van der Waals surface area contributed by atoms with Crippen LogP contribution in [0.5, 0.6) is 0 Å². The zero-order chi connectivity index (χ0) is 14.0. The summed E-state index contributed by atoms with van der Waals surface area (Å²) in [5, 5.41) is 0. The molecule has 1 saturated carbocycles. The lowest BCUT2D eigenvalue weighted by Gasteiger charge is -2.38. The molecule has 0 aromatic heterocycles. The van der Waals surface area contributed by atoms with Crippen molar-refractivity contribution in [1.82, 2.24) is 4.90 Å². The van der Waals surface area contributed by atoms with Gasteiger partial charge in [-0.1, -0.05) is 35.0 Å². The first kappa shape index (κ1) is 15.0. The van der Waals surface area contributed by atoms with Gasteiger partial charge < -0.3 is 5.73 Å². The van der Waals surface area contributed by atoms with E-state index in [1.807, 2.05) is 0 Å². The van der Waals surface area contributed by atoms with E-state index in [1.165, 1.54) is 18.5 Å². The van der Waals surface area contributed by atoms with Gasteiger partial charge in [0, 0.05) is 23.1 Å². The maximum Gasteiger partial charge on any atom is 0.0340 e. The number of rotatable bonds is 6. The predicted octanol–water partition coefficient (Wildman–Crippen LogP) is 3.30. The molecule has 1 aliphatic carbocycles. The van der Waals surface area contributed by atoms with Gasteiger partial charge in [-0.3, -0.25) is 4.90 Å². The van der Waals surface area contributed by atoms with Gasteiger partial charge in [0.15, 0.2) is 0 Å². The van der Waals surface area contributed by atoms with E-state index in [4.69, 9.17) is 5.73 Å². The second-order valence-corrected chi connectivity index (χ2v) is 7.27. The van der Waals surface area contributed by atoms with E-state index in [9.17, 15) is 0 Å². The van der Waals surface area contributed by atoms with Crippen LogP contribution in [0.2, 0.25) is 0 Å². The first-order valence-electron chi connectivity index (χ1n) is 7.10. The maximum atomic E-state index is 6.07. The molecule has 2 rings (SSSR count). The Morgan fingerprint density at radius 2 is 1.95 bits per heavy atom. The van der Waals surface area contributed by atoms with Crippen molar-refractivity contribution in [3.05, 3.63) is 34.3 Å². The van der Waals surface area contributed by atoms with Gasteiger partial charge in [0.25, 0.3) is 0 Å². The van der Waals surface area contributed by atoms with E-state index in [0.717, 1.165) is 22.7 Å². The second-order valence-electron chi connectivity index (χ2n) is 6.36. The van der Waals surface area contributed by atoms with Crippen LogP contribution >= 0.6 is 15.9 Å². The van der Waals surface area contributed by atoms with Crippen molar-refractivity contribution in [1.29, 1.82) is 0 Å². The van der Waals surface area contributed by atoms with Crippen LogP contribution < -0.4 is 5.73 Å². The van der Waals surface area contributed by atoms with Gasteiger partial charge in [0.1, 0.15) is 0 Å². The summed E-state index contributed by atoms with van der Waals surface area (Å²) < 4.78 is 1.13. The van der Waals surface area contributed by atoms with Crippen LogP contribution in [0.25, 0.3) is 0 Å². The molecule has 0 amide bonds. The molecule has 3 atom stereocenters. The normalized spacial score (nSPS) is 25.4. The summed E-state index contributed by atoms with van der Waals surface area (Å²) in [6, 6.07) is 8.58. The van der Waals surface area contributed by atoms with E-state index < -0.39 is 0 Å². The molecule has 0 heterocycles. The molecule has 1 aliphatic rings. The van der Waals surface area contributed by atoms with Gasteiger partial charge >= 0.3 is 0 Å². The third-order valence-corrected chi connectivity index (χ3v) is 5.17. The molecule has 0 spiro atoms. The van der Waals surface area contributed by atoms with Crippen molar-refractivity contribution < 1.29 is 0 Å². The Morgan fingerprint density at radius 3 is 2.42 bits per heavy atom. The van der Waals surface area contributed by atoms with Crippen molar-refractivity contribution in [2.45, 2.75) is 32.2 Å². The van der Waals surface area contributed by atoms with Crippen LogP contribution in [0.3, 0.4) is 0 Å². The molecule has 1 aromatic carbocycles. The SMILES string of the molecule is CC1CC1CN(C)C(C)(CN)Cc1ccc(Br)cc1. The van der Waals surface area contributed by atoms with Gasteiger partial charge in [-0.15, -0.1) is 0 Å². The summed E-state index contributed by atoms with van der Waals surface area (Å²) in [5.41, 5.74) is 7.47. The lowest BCUT2D eigenvalue weighted by atomic mass is 9.91. The summed E-state index contributed by atoms with van der Waals surface area (Å²) in [6.45, 7) is 6.49. The van der Waals surface area contributed by atoms with E-state index in [2.05, 4.69) is 66.0 Å². The molecular formula is C16H25BrN2. The molecule has 0 radical (unpaired) electrons. The smallest absolute Gasteiger partial charge is 0.0340 e. The lowest BCUT2D eigenvalue weighted by Crippen LogP contribution is -2.52. The fourth-order valence-electron chi connectivity index (χ4n) is 2.63. The van der Waals surface area contributed by atoms with Gasteiger partial charge in [-0.05, 0) is 56.3 Å². The molecule has 0 aliphatic heterocycles. The van der Waals surface area contributed by atoms with Crippen molar-refractivity contribution in [3.63, 3.8) is 0 Å². The highest BCUT2D eigenvalue weighted by molar-refractivity contribution is 9.10. The number of halogens is 1. The number of hydrogen-bond acceptors (Lipinski definition) is 2. The topological polar surface area (TPSA) is 29.3 Å². The summed E-state index contributed by atoms with van der Waals surface area (Å²) in [7, 11) is 2.22. The number of hydrogen-bond donors (Lipinski definition) is 1. The molecule has 19 heavy (non-hydrogen) atoms. The average Bonchev–Trinajstić information content (AvgIpc) is 3.07. The van der Waals surface area contributed by atoms with E-state index in [1.54, 1.807) is 0 Å². The van der Waals surface area contributed by atoms with Gasteiger partial charge in [-0.25, -0.2) is 0 Å². The molecular weight excluding hydrogens is 300 g/mol. The van der Waals surface area contributed by atoms with Crippen molar-refractivity contribution in [2.75, 3.05) is 20.1 Å². The zero-order valence-corrected chi connectivity index (χ0v) is 13.8. The molecule has 2 nitrogen and oxygen atoms in total. The average molecular weight is 325 g/mol. The highest BCUT2D eigenvalue weighted by Crippen LogP contribution is 2.39. The molecule has 3 unspecified atom stereocenters. The largest absolute Gasteiger partial charge is 0.329 e. The molecule has 1 aromatic rings. The quantitative estimate of drug-likeness (QED) is 0.869. The number of likely N-dealkylation sites (N-methyl/N-ethyl adjacent to an activating group) is 1. The van der Waals surface area contributed by atoms with Crippen molar-refractivity contribution in [2.24, 2.45) is 17.6 Å². The molecule has 0 bridgehead atoms. The Morgan fingerprint density at radius 1 is 1.37 bits per heavy atom. The van der Waals surface area contributed by atoms with Crippen molar-refractivity contribution >= 4 is 15.9 Å². The van der Waals surface area contributed by atoms with Crippen LogP contribution in [0.1, 0.15) is 25.8 Å². The number of nitrogens with two attached hydrogens (primary N) is 1. The van der Waals surface area contributed by atoms with Crippen LogP contribution in [-0.2, 0) is 6.42 Å². The maximum absolute atomic E-state index is 6.07. The second kappa shape index (κ2) is 5.94.